The second-order valence-corrected chi connectivity index (χ2v) is 11.5. The minimum Gasteiger partial charge on any atom is -0.480 e. The Morgan fingerprint density at radius 1 is 0.705 bits per heavy atom. The van der Waals surface area contributed by atoms with Crippen molar-refractivity contribution in [3.05, 3.63) is 59.7 Å². The Balaban J connectivity index is 1.51. The van der Waals surface area contributed by atoms with Crippen LogP contribution in [-0.4, -0.2) is 72.5 Å². The van der Waals surface area contributed by atoms with Crippen LogP contribution in [0.4, 0.5) is 4.79 Å². The highest BCUT2D eigenvalue weighted by atomic mass is 16.6. The summed E-state index contributed by atoms with van der Waals surface area (Å²) in [6.45, 7) is 9.54. The van der Waals surface area contributed by atoms with E-state index >= 15 is 0 Å². The molecule has 1 aliphatic rings. The van der Waals surface area contributed by atoms with Crippen molar-refractivity contribution in [2.45, 2.75) is 71.6 Å². The second-order valence-electron chi connectivity index (χ2n) is 11.5. The van der Waals surface area contributed by atoms with Crippen molar-refractivity contribution in [2.24, 2.45) is 11.8 Å². The number of hydrogen-bond donors (Lipinski definition) is 5. The highest BCUT2D eigenvalue weighted by Crippen LogP contribution is 2.44. The topological polar surface area (TPSA) is 172 Å². The van der Waals surface area contributed by atoms with E-state index in [-0.39, 0.29) is 31.1 Å². The number of fused-ring (bicyclic) bond motifs is 3. The van der Waals surface area contributed by atoms with E-state index in [1.54, 1.807) is 27.7 Å². The summed E-state index contributed by atoms with van der Waals surface area (Å²) in [7, 11) is 0. The zero-order chi connectivity index (χ0) is 32.6. The summed E-state index contributed by atoms with van der Waals surface area (Å²) in [4.78, 5) is 61.9. The number of hydrogen-bond acceptors (Lipinski definition) is 8. The lowest BCUT2D eigenvalue weighted by atomic mass is 9.98. The van der Waals surface area contributed by atoms with Crippen molar-refractivity contribution < 1.29 is 38.6 Å². The molecule has 1 aliphatic carbocycles. The molecule has 0 spiro atoms. The normalized spacial score (nSPS) is 14.9. The number of esters is 1. The summed E-state index contributed by atoms with van der Waals surface area (Å²) in [6, 6.07) is 12.0. The van der Waals surface area contributed by atoms with Crippen LogP contribution in [0.3, 0.4) is 0 Å². The number of ether oxygens (including phenoxy) is 2. The van der Waals surface area contributed by atoms with Crippen molar-refractivity contribution in [1.29, 1.82) is 0 Å². The minimum atomic E-state index is -1.18. The molecule has 4 atom stereocenters. The van der Waals surface area contributed by atoms with Crippen LogP contribution in [0.2, 0.25) is 0 Å². The third-order valence-electron chi connectivity index (χ3n) is 7.47. The molecule has 44 heavy (non-hydrogen) atoms. The van der Waals surface area contributed by atoms with Gasteiger partial charge in [-0.2, -0.15) is 0 Å². The van der Waals surface area contributed by atoms with E-state index < -0.39 is 54.0 Å². The molecule has 0 radical (unpaired) electrons. The molecule has 2 aromatic rings. The van der Waals surface area contributed by atoms with Crippen molar-refractivity contribution in [2.75, 3.05) is 13.3 Å². The monoisotopic (exact) mass is 610 g/mol. The molecule has 0 saturated heterocycles. The maximum atomic E-state index is 13.0. The Bertz CT molecular complexity index is 1320. The number of aliphatic carboxylic acids is 1. The van der Waals surface area contributed by atoms with Crippen molar-refractivity contribution in [1.82, 2.24) is 21.3 Å². The predicted octanol–water partition coefficient (Wildman–Crippen LogP) is 2.76. The Morgan fingerprint density at radius 3 is 1.73 bits per heavy atom. The number of amides is 3. The van der Waals surface area contributed by atoms with Crippen LogP contribution >= 0.6 is 0 Å². The van der Waals surface area contributed by atoms with E-state index in [9.17, 15) is 24.0 Å². The van der Waals surface area contributed by atoms with Gasteiger partial charge in [0.2, 0.25) is 11.8 Å². The molecular formula is C32H42N4O8. The summed E-state index contributed by atoms with van der Waals surface area (Å²) in [5, 5.41) is 19.4. The number of carbonyl (C=O) groups is 5. The number of carboxylic acid groups (broad SMARTS) is 1. The lowest BCUT2D eigenvalue weighted by Crippen LogP contribution is -2.54. The van der Waals surface area contributed by atoms with Crippen LogP contribution in [0.1, 0.15) is 58.6 Å². The summed E-state index contributed by atoms with van der Waals surface area (Å²) >= 11 is 0. The van der Waals surface area contributed by atoms with Gasteiger partial charge in [-0.05, 0) is 47.9 Å². The van der Waals surface area contributed by atoms with Gasteiger partial charge in [0.25, 0.3) is 0 Å². The standard InChI is InChI=1S/C32H42N4O8/c1-17(2)26(28(37)34-19(5)30(39)40)33-16-44-31(41)20(6)35-29(38)27(18(3)4)36-32(42)43-15-25-23-13-9-7-11-21(23)22-12-8-10-14-24(22)25/h7-14,17-20,25-27,33H,15-16H2,1-6H3,(H,34,37)(H,35,38)(H,36,42)(H,39,40)/t19-,20-,26-,27-/m0/s1. The van der Waals surface area contributed by atoms with Gasteiger partial charge in [0.05, 0.1) is 6.04 Å². The van der Waals surface area contributed by atoms with Gasteiger partial charge in [-0.15, -0.1) is 0 Å². The number of alkyl carbamates (subject to hydrolysis) is 1. The van der Waals surface area contributed by atoms with E-state index in [0.29, 0.717) is 0 Å². The van der Waals surface area contributed by atoms with Gasteiger partial charge in [-0.25, -0.2) is 9.59 Å². The van der Waals surface area contributed by atoms with Crippen LogP contribution in [0.25, 0.3) is 11.1 Å². The molecule has 5 N–H and O–H groups in total. The lowest BCUT2D eigenvalue weighted by Gasteiger charge is -2.25. The van der Waals surface area contributed by atoms with E-state index in [2.05, 4.69) is 21.3 Å². The average Bonchev–Trinajstić information content (AvgIpc) is 3.29. The largest absolute Gasteiger partial charge is 0.480 e. The third-order valence-corrected chi connectivity index (χ3v) is 7.47. The highest BCUT2D eigenvalue weighted by Gasteiger charge is 2.32. The van der Waals surface area contributed by atoms with E-state index in [0.717, 1.165) is 22.3 Å². The van der Waals surface area contributed by atoms with E-state index in [1.165, 1.54) is 13.8 Å². The van der Waals surface area contributed by atoms with Gasteiger partial charge >= 0.3 is 18.0 Å². The Morgan fingerprint density at radius 2 is 1.20 bits per heavy atom. The predicted molar refractivity (Wildman–Crippen MR) is 162 cm³/mol. The fourth-order valence-electron chi connectivity index (χ4n) is 4.99. The van der Waals surface area contributed by atoms with Crippen molar-refractivity contribution in [3.63, 3.8) is 0 Å². The third kappa shape index (κ3) is 8.56. The van der Waals surface area contributed by atoms with Gasteiger partial charge in [0.15, 0.2) is 0 Å². The molecule has 0 bridgehead atoms. The molecule has 0 aromatic heterocycles. The van der Waals surface area contributed by atoms with Gasteiger partial charge in [0, 0.05) is 5.92 Å². The van der Waals surface area contributed by atoms with Crippen LogP contribution in [-0.2, 0) is 28.7 Å². The number of nitrogens with one attached hydrogen (secondary N) is 4. The molecule has 0 heterocycles. The first-order valence-corrected chi connectivity index (χ1v) is 14.7. The molecule has 0 saturated carbocycles. The summed E-state index contributed by atoms with van der Waals surface area (Å²) in [5.41, 5.74) is 4.33. The van der Waals surface area contributed by atoms with Gasteiger partial charge < -0.3 is 30.5 Å². The molecule has 0 unspecified atom stereocenters. The molecule has 3 amide bonds. The van der Waals surface area contributed by atoms with Crippen molar-refractivity contribution in [3.8, 4) is 11.1 Å². The Labute approximate surface area is 257 Å². The lowest BCUT2D eigenvalue weighted by molar-refractivity contribution is -0.149. The van der Waals surface area contributed by atoms with E-state index in [1.807, 2.05) is 48.5 Å². The molecule has 12 heteroatoms. The minimum absolute atomic E-state index is 0.0899. The molecule has 2 aromatic carbocycles. The maximum absolute atomic E-state index is 13.0. The van der Waals surface area contributed by atoms with Crippen LogP contribution < -0.4 is 21.3 Å². The smallest absolute Gasteiger partial charge is 0.407 e. The van der Waals surface area contributed by atoms with Gasteiger partial charge in [0.1, 0.15) is 31.5 Å². The SMILES string of the molecule is CC(C)[C@H](NCOC(=O)[C@H](C)NC(=O)[C@@H](NC(=O)OCC1c2ccccc2-c2ccccc21)C(C)C)C(=O)N[C@@H](C)C(=O)O. The quantitative estimate of drug-likeness (QED) is 0.159. The Kier molecular flexibility index (Phi) is 11.9. The number of benzene rings is 2. The van der Waals surface area contributed by atoms with Gasteiger partial charge in [-0.3, -0.25) is 19.7 Å². The maximum Gasteiger partial charge on any atom is 0.407 e. The molecule has 3 rings (SSSR count). The van der Waals surface area contributed by atoms with Crippen LogP contribution in [0, 0.1) is 11.8 Å². The highest BCUT2D eigenvalue weighted by molar-refractivity contribution is 5.90. The van der Waals surface area contributed by atoms with E-state index in [4.69, 9.17) is 14.6 Å². The Hall–Kier alpha value is -4.45. The number of carboxylic acids is 1. The number of carbonyl (C=O) groups excluding carboxylic acids is 4. The molecule has 238 valence electrons. The summed E-state index contributed by atoms with van der Waals surface area (Å²) < 4.78 is 10.8. The molecular weight excluding hydrogens is 568 g/mol. The first kappa shape index (κ1) is 34.0. The second kappa shape index (κ2) is 15.3. The molecule has 0 aliphatic heterocycles. The van der Waals surface area contributed by atoms with Gasteiger partial charge in [-0.1, -0.05) is 76.2 Å². The molecule has 0 fully saturated rings. The van der Waals surface area contributed by atoms with Crippen LogP contribution in [0.5, 0.6) is 0 Å². The average molecular weight is 611 g/mol. The van der Waals surface area contributed by atoms with Crippen LogP contribution in [0.15, 0.2) is 48.5 Å². The zero-order valence-corrected chi connectivity index (χ0v) is 25.9. The summed E-state index contributed by atoms with van der Waals surface area (Å²) in [6.07, 6.45) is -0.754. The van der Waals surface area contributed by atoms with Crippen molar-refractivity contribution >= 4 is 29.8 Å². The zero-order valence-electron chi connectivity index (χ0n) is 25.9. The summed E-state index contributed by atoms with van der Waals surface area (Å²) in [5.74, 6) is -3.77. The first-order valence-electron chi connectivity index (χ1n) is 14.7. The molecule has 12 nitrogen and oxygen atoms in total. The fourth-order valence-corrected chi connectivity index (χ4v) is 4.99. The number of rotatable bonds is 14. The fraction of sp³-hybridized carbons (Fsp3) is 0.469. The first-order chi connectivity index (χ1) is 20.8.